The highest BCUT2D eigenvalue weighted by Crippen LogP contribution is 2.37. The highest BCUT2D eigenvalue weighted by Gasteiger charge is 2.33. The molecule has 0 radical (unpaired) electrons. The maximum absolute atomic E-state index is 13.1. The molecule has 132 valence electrons. The quantitative estimate of drug-likeness (QED) is 0.578. The van der Waals surface area contributed by atoms with Crippen LogP contribution in [0.2, 0.25) is 0 Å². The zero-order valence-corrected chi connectivity index (χ0v) is 13.9. The molecule has 1 N–H and O–H groups in total. The first-order valence-corrected chi connectivity index (χ1v) is 8.11. The third kappa shape index (κ3) is 2.75. The van der Waals surface area contributed by atoms with Crippen molar-refractivity contribution < 1.29 is 18.0 Å². The van der Waals surface area contributed by atoms with E-state index in [9.17, 15) is 18.0 Å². The molecule has 26 heavy (non-hydrogen) atoms. The molecule has 1 aromatic carbocycles. The molecule has 0 aliphatic carbocycles. The molecule has 0 saturated heterocycles. The highest BCUT2D eigenvalue weighted by atomic mass is 32.1. The Morgan fingerprint density at radius 1 is 1.23 bits per heavy atom. The summed E-state index contributed by atoms with van der Waals surface area (Å²) in [6.07, 6.45) is -2.99. The fraction of sp³-hybridized carbons (Fsp3) is 0.133. The molecule has 4 aromatic rings. The van der Waals surface area contributed by atoms with Gasteiger partial charge in [0.2, 0.25) is 5.82 Å². The number of carbonyl (C=O) groups excluding carboxylic acids is 1. The largest absolute Gasteiger partial charge is 0.418 e. The van der Waals surface area contributed by atoms with Crippen LogP contribution in [0.25, 0.3) is 16.0 Å². The van der Waals surface area contributed by atoms with E-state index in [0.29, 0.717) is 4.70 Å². The molecule has 0 atom stereocenters. The van der Waals surface area contributed by atoms with Crippen molar-refractivity contribution in [3.8, 4) is 0 Å². The standard InChI is InChI=1S/C15H9F3N6OS/c1-7-5-6-19-13-21-11(23-24(7)13)12(25)22-14-20-10-8(15(16,17)18)3-2-4-9(10)26-14/h2-6H,1H3,(H,20,22,25). The second kappa shape index (κ2) is 5.73. The summed E-state index contributed by atoms with van der Waals surface area (Å²) < 4.78 is 40.9. The Balaban J connectivity index is 1.68. The Morgan fingerprint density at radius 3 is 2.77 bits per heavy atom. The number of hydrogen-bond donors (Lipinski definition) is 1. The molecule has 4 rings (SSSR count). The van der Waals surface area contributed by atoms with Crippen LogP contribution >= 0.6 is 11.3 Å². The molecule has 0 saturated carbocycles. The van der Waals surface area contributed by atoms with Gasteiger partial charge >= 0.3 is 6.18 Å². The molecule has 7 nitrogen and oxygen atoms in total. The van der Waals surface area contributed by atoms with Gasteiger partial charge in [0, 0.05) is 11.9 Å². The monoisotopic (exact) mass is 378 g/mol. The molecule has 0 bridgehead atoms. The number of aryl methyl sites for hydroxylation is 1. The number of para-hydroxylation sites is 1. The van der Waals surface area contributed by atoms with Crippen LogP contribution in [-0.4, -0.2) is 30.5 Å². The molecule has 0 aliphatic rings. The first-order chi connectivity index (χ1) is 12.3. The second-order valence-electron chi connectivity index (χ2n) is 5.36. The summed E-state index contributed by atoms with van der Waals surface area (Å²) in [4.78, 5) is 24.2. The Kier molecular flexibility index (Phi) is 3.61. The number of amides is 1. The van der Waals surface area contributed by atoms with Gasteiger partial charge in [-0.3, -0.25) is 10.1 Å². The zero-order chi connectivity index (χ0) is 18.5. The summed E-state index contributed by atoms with van der Waals surface area (Å²) in [5.74, 6) is -0.580. The van der Waals surface area contributed by atoms with Crippen LogP contribution in [0.1, 0.15) is 21.9 Å². The Hall–Kier alpha value is -3.08. The number of carbonyl (C=O) groups is 1. The number of aromatic nitrogens is 5. The summed E-state index contributed by atoms with van der Waals surface area (Å²) in [5.41, 5.74) is -0.324. The van der Waals surface area contributed by atoms with Crippen molar-refractivity contribution >= 4 is 38.4 Å². The number of benzene rings is 1. The molecule has 3 aromatic heterocycles. The third-order valence-corrected chi connectivity index (χ3v) is 4.51. The average molecular weight is 378 g/mol. The molecule has 0 fully saturated rings. The molecule has 3 heterocycles. The number of nitrogens with zero attached hydrogens (tertiary/aromatic N) is 5. The summed E-state index contributed by atoms with van der Waals surface area (Å²) in [7, 11) is 0. The number of anilines is 1. The van der Waals surface area contributed by atoms with Crippen molar-refractivity contribution in [1.29, 1.82) is 0 Å². The fourth-order valence-corrected chi connectivity index (χ4v) is 3.27. The van der Waals surface area contributed by atoms with Crippen molar-refractivity contribution in [1.82, 2.24) is 24.6 Å². The van der Waals surface area contributed by atoms with Crippen LogP contribution in [0.4, 0.5) is 18.3 Å². The molecule has 1 amide bonds. The van der Waals surface area contributed by atoms with Crippen LogP contribution in [0.3, 0.4) is 0 Å². The van der Waals surface area contributed by atoms with Gasteiger partial charge in [0.15, 0.2) is 5.13 Å². The van der Waals surface area contributed by atoms with Crippen LogP contribution in [0, 0.1) is 6.92 Å². The lowest BCUT2D eigenvalue weighted by Crippen LogP contribution is -2.14. The average Bonchev–Trinajstić information content (AvgIpc) is 3.17. The Bertz CT molecular complexity index is 1150. The van der Waals surface area contributed by atoms with E-state index in [1.165, 1.54) is 22.8 Å². The van der Waals surface area contributed by atoms with E-state index in [1.807, 2.05) is 0 Å². The highest BCUT2D eigenvalue weighted by molar-refractivity contribution is 7.22. The smallest absolute Gasteiger partial charge is 0.295 e. The third-order valence-electron chi connectivity index (χ3n) is 3.58. The van der Waals surface area contributed by atoms with Gasteiger partial charge < -0.3 is 0 Å². The molecular formula is C15H9F3N6OS. The summed E-state index contributed by atoms with van der Waals surface area (Å²) >= 11 is 0.940. The van der Waals surface area contributed by atoms with Gasteiger partial charge in [-0.1, -0.05) is 17.4 Å². The van der Waals surface area contributed by atoms with E-state index >= 15 is 0 Å². The van der Waals surface area contributed by atoms with E-state index < -0.39 is 17.6 Å². The molecule has 0 spiro atoms. The van der Waals surface area contributed by atoms with Gasteiger partial charge in [0.1, 0.15) is 0 Å². The minimum atomic E-state index is -4.53. The van der Waals surface area contributed by atoms with Crippen LogP contribution in [-0.2, 0) is 6.18 Å². The minimum Gasteiger partial charge on any atom is -0.295 e. The Morgan fingerprint density at radius 2 is 2.04 bits per heavy atom. The van der Waals surface area contributed by atoms with Crippen LogP contribution in [0.15, 0.2) is 30.5 Å². The van der Waals surface area contributed by atoms with Crippen LogP contribution in [0.5, 0.6) is 0 Å². The zero-order valence-electron chi connectivity index (χ0n) is 13.1. The second-order valence-corrected chi connectivity index (χ2v) is 6.39. The van der Waals surface area contributed by atoms with Gasteiger partial charge in [0.25, 0.3) is 11.7 Å². The number of alkyl halides is 3. The molecule has 11 heteroatoms. The van der Waals surface area contributed by atoms with Gasteiger partial charge in [-0.05, 0) is 25.1 Å². The summed E-state index contributed by atoms with van der Waals surface area (Å²) in [6.45, 7) is 1.78. The van der Waals surface area contributed by atoms with Crippen molar-refractivity contribution in [2.75, 3.05) is 5.32 Å². The number of hydrogen-bond acceptors (Lipinski definition) is 6. The van der Waals surface area contributed by atoms with E-state index in [4.69, 9.17) is 0 Å². The Labute approximate surface area is 147 Å². The topological polar surface area (TPSA) is 85.1 Å². The normalized spacial score (nSPS) is 12.0. The van der Waals surface area contributed by atoms with Crippen molar-refractivity contribution in [2.24, 2.45) is 0 Å². The van der Waals surface area contributed by atoms with Crippen molar-refractivity contribution in [3.05, 3.63) is 47.5 Å². The van der Waals surface area contributed by atoms with Crippen molar-refractivity contribution in [2.45, 2.75) is 13.1 Å². The molecular weight excluding hydrogens is 369 g/mol. The van der Waals surface area contributed by atoms with Gasteiger partial charge in [0.05, 0.1) is 15.8 Å². The SMILES string of the molecule is Cc1ccnc2nc(C(=O)Nc3nc4c(C(F)(F)F)cccc4s3)nn12. The number of fused-ring (bicyclic) bond motifs is 2. The minimum absolute atomic E-state index is 0.0326. The van der Waals surface area contributed by atoms with E-state index in [2.05, 4.69) is 25.4 Å². The van der Waals surface area contributed by atoms with Gasteiger partial charge in [-0.25, -0.2) is 14.5 Å². The first-order valence-electron chi connectivity index (χ1n) is 7.29. The number of thiazole rings is 1. The molecule has 0 unspecified atom stereocenters. The first kappa shape index (κ1) is 16.4. The predicted molar refractivity (Wildman–Crippen MR) is 88.1 cm³/mol. The number of rotatable bonds is 2. The van der Waals surface area contributed by atoms with E-state index in [0.717, 1.165) is 23.1 Å². The predicted octanol–water partition coefficient (Wildman–Crippen LogP) is 3.31. The van der Waals surface area contributed by atoms with Gasteiger partial charge in [-0.15, -0.1) is 5.10 Å². The maximum Gasteiger partial charge on any atom is 0.418 e. The lowest BCUT2D eigenvalue weighted by molar-refractivity contribution is -0.136. The fourth-order valence-electron chi connectivity index (χ4n) is 2.39. The lowest BCUT2D eigenvalue weighted by Gasteiger charge is -2.05. The van der Waals surface area contributed by atoms with Crippen LogP contribution < -0.4 is 5.32 Å². The maximum atomic E-state index is 13.1. The summed E-state index contributed by atoms with van der Waals surface area (Å²) in [5, 5.41) is 6.52. The lowest BCUT2D eigenvalue weighted by atomic mass is 10.2. The number of nitrogens with one attached hydrogen (secondary N) is 1. The van der Waals surface area contributed by atoms with Gasteiger partial charge in [-0.2, -0.15) is 18.2 Å². The van der Waals surface area contributed by atoms with E-state index in [1.54, 1.807) is 13.0 Å². The summed E-state index contributed by atoms with van der Waals surface area (Å²) in [6, 6.07) is 5.46. The number of halogens is 3. The van der Waals surface area contributed by atoms with Crippen molar-refractivity contribution in [3.63, 3.8) is 0 Å². The van der Waals surface area contributed by atoms with E-state index in [-0.39, 0.29) is 22.3 Å². The molecule has 0 aliphatic heterocycles.